The van der Waals surface area contributed by atoms with Crippen LogP contribution in [0.5, 0.6) is 0 Å². The van der Waals surface area contributed by atoms with Gasteiger partial charge in [0.25, 0.3) is 0 Å². The van der Waals surface area contributed by atoms with Gasteiger partial charge in [-0.3, -0.25) is 0 Å². The van der Waals surface area contributed by atoms with Gasteiger partial charge in [-0.25, -0.2) is 14.8 Å². The van der Waals surface area contributed by atoms with Crippen molar-refractivity contribution in [2.75, 3.05) is 5.73 Å². The minimum absolute atomic E-state index is 0.0418. The highest BCUT2D eigenvalue weighted by atomic mass is 16.4. The molecule has 72 valence electrons. The van der Waals surface area contributed by atoms with Crippen molar-refractivity contribution in [1.29, 1.82) is 0 Å². The molecule has 0 fully saturated rings. The first-order chi connectivity index (χ1) is 6.59. The monoisotopic (exact) mass is 192 g/mol. The van der Waals surface area contributed by atoms with Crippen LogP contribution >= 0.6 is 0 Å². The highest BCUT2D eigenvalue weighted by Gasteiger charge is 2.15. The Labute approximate surface area is 78.8 Å². The van der Waals surface area contributed by atoms with E-state index in [1.807, 2.05) is 0 Å². The number of carboxylic acid groups (broad SMARTS) is 1. The molecule has 0 bridgehead atoms. The summed E-state index contributed by atoms with van der Waals surface area (Å²) in [6.45, 7) is 1.72. The van der Waals surface area contributed by atoms with Crippen LogP contribution in [0.1, 0.15) is 16.3 Å². The van der Waals surface area contributed by atoms with Gasteiger partial charge in [0, 0.05) is 6.20 Å². The highest BCUT2D eigenvalue weighted by Crippen LogP contribution is 2.22. The third-order valence-electron chi connectivity index (χ3n) is 1.93. The van der Waals surface area contributed by atoms with Gasteiger partial charge in [0.2, 0.25) is 0 Å². The fraction of sp³-hybridized carbons (Fsp3) is 0.125. The predicted molar refractivity (Wildman–Crippen MR) is 50.0 cm³/mol. The molecule has 0 aromatic carbocycles. The Bertz CT molecular complexity index is 517. The van der Waals surface area contributed by atoms with Gasteiger partial charge in [-0.05, 0) is 6.92 Å². The largest absolute Gasteiger partial charge is 0.477 e. The third kappa shape index (κ3) is 1.08. The van der Waals surface area contributed by atoms with Gasteiger partial charge in [0.05, 0.1) is 11.1 Å². The molecule has 0 aliphatic heterocycles. The maximum Gasteiger partial charge on any atom is 0.354 e. The van der Waals surface area contributed by atoms with Crippen molar-refractivity contribution in [2.45, 2.75) is 6.92 Å². The lowest BCUT2D eigenvalue weighted by Gasteiger charge is -1.91. The number of rotatable bonds is 1. The fourth-order valence-corrected chi connectivity index (χ4v) is 1.25. The van der Waals surface area contributed by atoms with E-state index in [2.05, 4.69) is 15.0 Å². The zero-order chi connectivity index (χ0) is 10.3. The average molecular weight is 192 g/mol. The summed E-state index contributed by atoms with van der Waals surface area (Å²) in [5, 5.41) is 9.31. The number of nitrogens with one attached hydrogen (secondary N) is 1. The van der Waals surface area contributed by atoms with E-state index in [0.717, 1.165) is 0 Å². The minimum Gasteiger partial charge on any atom is -0.477 e. The number of carboxylic acids is 1. The minimum atomic E-state index is -1.10. The lowest BCUT2D eigenvalue weighted by molar-refractivity contribution is 0.0692. The zero-order valence-corrected chi connectivity index (χ0v) is 7.40. The summed E-state index contributed by atoms with van der Waals surface area (Å²) in [7, 11) is 0. The van der Waals surface area contributed by atoms with Gasteiger partial charge in [0.15, 0.2) is 0 Å². The molecule has 2 aromatic rings. The van der Waals surface area contributed by atoms with E-state index < -0.39 is 5.97 Å². The van der Waals surface area contributed by atoms with Crippen molar-refractivity contribution in [2.24, 2.45) is 0 Å². The summed E-state index contributed by atoms with van der Waals surface area (Å²) in [5.74, 6) is -0.533. The molecule has 0 unspecified atom stereocenters. The SMILES string of the molecule is Cc1ncc2c(N)c(C(=O)O)[nH]c2n1. The Kier molecular flexibility index (Phi) is 1.63. The van der Waals surface area contributed by atoms with Gasteiger partial charge in [-0.15, -0.1) is 0 Å². The fourth-order valence-electron chi connectivity index (χ4n) is 1.25. The van der Waals surface area contributed by atoms with E-state index >= 15 is 0 Å². The number of carbonyl (C=O) groups is 1. The first kappa shape index (κ1) is 8.49. The van der Waals surface area contributed by atoms with Gasteiger partial charge in [0.1, 0.15) is 17.2 Å². The number of aromatic nitrogens is 3. The topological polar surface area (TPSA) is 105 Å². The van der Waals surface area contributed by atoms with Crippen LogP contribution in [0, 0.1) is 6.92 Å². The van der Waals surface area contributed by atoms with Crippen LogP contribution < -0.4 is 5.73 Å². The first-order valence-corrected chi connectivity index (χ1v) is 3.93. The van der Waals surface area contributed by atoms with Crippen molar-refractivity contribution >= 4 is 22.7 Å². The molecule has 6 nitrogen and oxygen atoms in total. The number of anilines is 1. The second-order valence-electron chi connectivity index (χ2n) is 2.90. The Morgan fingerprint density at radius 2 is 2.36 bits per heavy atom. The summed E-state index contributed by atoms with van der Waals surface area (Å²) in [6, 6.07) is 0. The van der Waals surface area contributed by atoms with Crippen LogP contribution in [0.4, 0.5) is 5.69 Å². The molecule has 2 aromatic heterocycles. The molecule has 0 aliphatic rings. The molecule has 14 heavy (non-hydrogen) atoms. The van der Waals surface area contributed by atoms with Crippen LogP contribution in [-0.4, -0.2) is 26.0 Å². The lowest BCUT2D eigenvalue weighted by atomic mass is 10.3. The quantitative estimate of drug-likeness (QED) is 0.611. The Balaban J connectivity index is 2.79. The molecule has 2 heterocycles. The molecule has 0 atom stereocenters. The lowest BCUT2D eigenvalue weighted by Crippen LogP contribution is -2.00. The van der Waals surface area contributed by atoms with E-state index in [0.29, 0.717) is 16.9 Å². The number of nitrogen functional groups attached to an aromatic ring is 1. The number of aromatic amines is 1. The first-order valence-electron chi connectivity index (χ1n) is 3.93. The summed E-state index contributed by atoms with van der Waals surface area (Å²) in [5.41, 5.74) is 6.18. The standard InChI is InChI=1S/C8H8N4O2/c1-3-10-2-4-5(9)6(8(13)14)12-7(4)11-3/h2H,9H2,1H3,(H,13,14)(H,10,11,12). The number of H-pyrrole nitrogens is 1. The number of nitrogens with zero attached hydrogens (tertiary/aromatic N) is 2. The average Bonchev–Trinajstić information content (AvgIpc) is 2.43. The maximum absolute atomic E-state index is 10.7. The van der Waals surface area contributed by atoms with Crippen molar-refractivity contribution < 1.29 is 9.90 Å². The zero-order valence-electron chi connectivity index (χ0n) is 7.40. The second kappa shape index (κ2) is 2.69. The Hall–Kier alpha value is -2.11. The molecule has 0 saturated carbocycles. The molecule has 6 heteroatoms. The molecular formula is C8H8N4O2. The van der Waals surface area contributed by atoms with E-state index in [1.54, 1.807) is 6.92 Å². The van der Waals surface area contributed by atoms with Gasteiger partial charge in [-0.2, -0.15) is 0 Å². The van der Waals surface area contributed by atoms with Gasteiger partial charge in [-0.1, -0.05) is 0 Å². The van der Waals surface area contributed by atoms with Crippen molar-refractivity contribution in [1.82, 2.24) is 15.0 Å². The number of aromatic carboxylic acids is 1. The van der Waals surface area contributed by atoms with Crippen molar-refractivity contribution in [3.63, 3.8) is 0 Å². The number of hydrogen-bond acceptors (Lipinski definition) is 4. The van der Waals surface area contributed by atoms with Crippen LogP contribution in [0.2, 0.25) is 0 Å². The molecule has 4 N–H and O–H groups in total. The van der Waals surface area contributed by atoms with Gasteiger partial charge < -0.3 is 15.8 Å². The molecule has 0 amide bonds. The van der Waals surface area contributed by atoms with Crippen molar-refractivity contribution in [3.05, 3.63) is 17.7 Å². The van der Waals surface area contributed by atoms with Crippen LogP contribution in [-0.2, 0) is 0 Å². The normalized spacial score (nSPS) is 10.6. The highest BCUT2D eigenvalue weighted by molar-refractivity contribution is 6.03. The smallest absolute Gasteiger partial charge is 0.354 e. The summed E-state index contributed by atoms with van der Waals surface area (Å²) < 4.78 is 0. The summed E-state index contributed by atoms with van der Waals surface area (Å²) >= 11 is 0. The van der Waals surface area contributed by atoms with Crippen LogP contribution in [0.15, 0.2) is 6.20 Å². The van der Waals surface area contributed by atoms with E-state index in [4.69, 9.17) is 10.8 Å². The number of nitrogens with two attached hydrogens (primary N) is 1. The molecule has 0 aliphatic carbocycles. The van der Waals surface area contributed by atoms with Gasteiger partial charge >= 0.3 is 5.97 Å². The Morgan fingerprint density at radius 1 is 1.64 bits per heavy atom. The van der Waals surface area contributed by atoms with E-state index in [1.165, 1.54) is 6.20 Å². The van der Waals surface area contributed by atoms with Crippen LogP contribution in [0.25, 0.3) is 11.0 Å². The number of hydrogen-bond donors (Lipinski definition) is 3. The summed E-state index contributed by atoms with van der Waals surface area (Å²) in [6.07, 6.45) is 1.51. The maximum atomic E-state index is 10.7. The molecule has 0 radical (unpaired) electrons. The molecule has 2 rings (SSSR count). The predicted octanol–water partition coefficient (Wildman–Crippen LogP) is 0.547. The molecule has 0 saturated heterocycles. The number of aryl methyl sites for hydroxylation is 1. The third-order valence-corrected chi connectivity index (χ3v) is 1.93. The van der Waals surface area contributed by atoms with Crippen LogP contribution in [0.3, 0.4) is 0 Å². The Morgan fingerprint density at radius 3 is 3.00 bits per heavy atom. The van der Waals surface area contributed by atoms with E-state index in [-0.39, 0.29) is 11.4 Å². The second-order valence-corrected chi connectivity index (χ2v) is 2.90. The van der Waals surface area contributed by atoms with Crippen molar-refractivity contribution in [3.8, 4) is 0 Å². The summed E-state index contributed by atoms with van der Waals surface area (Å²) in [4.78, 5) is 21.3. The number of fused-ring (bicyclic) bond motifs is 1. The molecule has 0 spiro atoms. The molecular weight excluding hydrogens is 184 g/mol. The van der Waals surface area contributed by atoms with E-state index in [9.17, 15) is 4.79 Å².